The van der Waals surface area contributed by atoms with Crippen LogP contribution in [0.3, 0.4) is 0 Å². The first-order chi connectivity index (χ1) is 7.56. The van der Waals surface area contributed by atoms with Crippen molar-refractivity contribution in [2.45, 2.75) is 38.3 Å². The van der Waals surface area contributed by atoms with Crippen LogP contribution in [0.5, 0.6) is 0 Å². The normalized spacial score (nSPS) is 22.6. The quantitative estimate of drug-likeness (QED) is 0.845. The molecule has 1 unspecified atom stereocenters. The lowest BCUT2D eigenvalue weighted by Gasteiger charge is -2.31. The molecule has 1 aliphatic rings. The summed E-state index contributed by atoms with van der Waals surface area (Å²) in [5.74, 6) is 0. The summed E-state index contributed by atoms with van der Waals surface area (Å²) in [7, 11) is 0. The standard InChI is InChI=1S/C14H22N2/c1-14(2,15)11-16-10-6-9-13(16)12-7-4-3-5-8-12/h3-5,7-8,13H,6,9-11,15H2,1-2H3. The maximum absolute atomic E-state index is 6.11. The first kappa shape index (κ1) is 11.6. The number of hydrogen-bond acceptors (Lipinski definition) is 2. The van der Waals surface area contributed by atoms with Gasteiger partial charge >= 0.3 is 0 Å². The molecule has 2 nitrogen and oxygen atoms in total. The number of rotatable bonds is 3. The van der Waals surface area contributed by atoms with Gasteiger partial charge in [0.05, 0.1) is 0 Å². The Bertz CT molecular complexity index is 326. The summed E-state index contributed by atoms with van der Waals surface area (Å²) in [5, 5.41) is 0. The van der Waals surface area contributed by atoms with Crippen molar-refractivity contribution in [3.8, 4) is 0 Å². The zero-order valence-electron chi connectivity index (χ0n) is 10.3. The Morgan fingerprint density at radius 2 is 2.00 bits per heavy atom. The van der Waals surface area contributed by atoms with Crippen LogP contribution in [0, 0.1) is 0 Å². The lowest BCUT2D eigenvalue weighted by atomic mass is 10.0. The molecule has 1 aliphatic heterocycles. The molecule has 2 N–H and O–H groups in total. The van der Waals surface area contributed by atoms with E-state index in [0.717, 1.165) is 6.54 Å². The average molecular weight is 218 g/mol. The summed E-state index contributed by atoms with van der Waals surface area (Å²) in [6, 6.07) is 11.4. The van der Waals surface area contributed by atoms with Crippen molar-refractivity contribution < 1.29 is 0 Å². The van der Waals surface area contributed by atoms with Gasteiger partial charge in [0.25, 0.3) is 0 Å². The van der Waals surface area contributed by atoms with Gasteiger partial charge in [-0.3, -0.25) is 4.90 Å². The van der Waals surface area contributed by atoms with E-state index in [-0.39, 0.29) is 5.54 Å². The van der Waals surface area contributed by atoms with E-state index in [4.69, 9.17) is 5.73 Å². The Morgan fingerprint density at radius 3 is 2.62 bits per heavy atom. The van der Waals surface area contributed by atoms with Gasteiger partial charge in [-0.05, 0) is 38.8 Å². The minimum Gasteiger partial charge on any atom is -0.324 e. The first-order valence-corrected chi connectivity index (χ1v) is 6.14. The second-order valence-electron chi connectivity index (χ2n) is 5.53. The topological polar surface area (TPSA) is 29.3 Å². The van der Waals surface area contributed by atoms with Crippen molar-refractivity contribution in [1.29, 1.82) is 0 Å². The molecular formula is C14H22N2. The molecule has 0 saturated carbocycles. The molecule has 2 heteroatoms. The number of hydrogen-bond donors (Lipinski definition) is 1. The molecule has 1 aromatic rings. The van der Waals surface area contributed by atoms with E-state index in [1.165, 1.54) is 24.9 Å². The van der Waals surface area contributed by atoms with E-state index in [1.54, 1.807) is 0 Å². The second kappa shape index (κ2) is 4.56. The monoisotopic (exact) mass is 218 g/mol. The third kappa shape index (κ3) is 2.83. The number of likely N-dealkylation sites (tertiary alicyclic amines) is 1. The highest BCUT2D eigenvalue weighted by Gasteiger charge is 2.28. The molecule has 0 aliphatic carbocycles. The molecular weight excluding hydrogens is 196 g/mol. The molecule has 0 aromatic heterocycles. The zero-order valence-corrected chi connectivity index (χ0v) is 10.3. The highest BCUT2D eigenvalue weighted by Crippen LogP contribution is 2.32. The molecule has 1 aromatic carbocycles. The van der Waals surface area contributed by atoms with Crippen molar-refractivity contribution in [3.05, 3.63) is 35.9 Å². The fraction of sp³-hybridized carbons (Fsp3) is 0.571. The maximum atomic E-state index is 6.11. The van der Waals surface area contributed by atoms with Crippen LogP contribution in [0.25, 0.3) is 0 Å². The van der Waals surface area contributed by atoms with Crippen LogP contribution in [0.4, 0.5) is 0 Å². The highest BCUT2D eigenvalue weighted by molar-refractivity contribution is 5.20. The number of nitrogens with two attached hydrogens (primary N) is 1. The fourth-order valence-corrected chi connectivity index (χ4v) is 2.59. The Hall–Kier alpha value is -0.860. The van der Waals surface area contributed by atoms with Gasteiger partial charge in [0.15, 0.2) is 0 Å². The molecule has 0 spiro atoms. The first-order valence-electron chi connectivity index (χ1n) is 6.14. The summed E-state index contributed by atoms with van der Waals surface area (Å²) >= 11 is 0. The van der Waals surface area contributed by atoms with Crippen LogP contribution in [0.2, 0.25) is 0 Å². The number of nitrogens with zero attached hydrogens (tertiary/aromatic N) is 1. The van der Waals surface area contributed by atoms with Crippen LogP contribution < -0.4 is 5.73 Å². The van der Waals surface area contributed by atoms with E-state index in [0.29, 0.717) is 6.04 Å². The van der Waals surface area contributed by atoms with Crippen LogP contribution in [0.1, 0.15) is 38.3 Å². The summed E-state index contributed by atoms with van der Waals surface area (Å²) in [6.07, 6.45) is 2.55. The predicted octanol–water partition coefficient (Wildman–Crippen LogP) is 2.56. The van der Waals surface area contributed by atoms with Crippen LogP contribution >= 0.6 is 0 Å². The van der Waals surface area contributed by atoms with Crippen molar-refractivity contribution in [2.24, 2.45) is 5.73 Å². The van der Waals surface area contributed by atoms with Gasteiger partial charge in [-0.15, -0.1) is 0 Å². The predicted molar refractivity (Wildman–Crippen MR) is 68.3 cm³/mol. The number of benzene rings is 1. The van der Waals surface area contributed by atoms with Crippen molar-refractivity contribution in [2.75, 3.05) is 13.1 Å². The van der Waals surface area contributed by atoms with Crippen molar-refractivity contribution >= 4 is 0 Å². The summed E-state index contributed by atoms with van der Waals surface area (Å²) in [5.41, 5.74) is 7.45. The van der Waals surface area contributed by atoms with Gasteiger partial charge in [-0.2, -0.15) is 0 Å². The summed E-state index contributed by atoms with van der Waals surface area (Å²) in [4.78, 5) is 2.52. The van der Waals surface area contributed by atoms with Crippen molar-refractivity contribution in [1.82, 2.24) is 4.90 Å². The lowest BCUT2D eigenvalue weighted by molar-refractivity contribution is 0.211. The minimum absolute atomic E-state index is 0.0998. The Balaban J connectivity index is 2.10. The second-order valence-corrected chi connectivity index (χ2v) is 5.53. The molecule has 16 heavy (non-hydrogen) atoms. The third-order valence-corrected chi connectivity index (χ3v) is 3.16. The largest absolute Gasteiger partial charge is 0.324 e. The van der Waals surface area contributed by atoms with E-state index in [2.05, 4.69) is 49.1 Å². The van der Waals surface area contributed by atoms with E-state index in [1.807, 2.05) is 0 Å². The van der Waals surface area contributed by atoms with Gasteiger partial charge in [-0.1, -0.05) is 30.3 Å². The lowest BCUT2D eigenvalue weighted by Crippen LogP contribution is -2.45. The van der Waals surface area contributed by atoms with Crippen LogP contribution in [-0.2, 0) is 0 Å². The summed E-state index contributed by atoms with van der Waals surface area (Å²) in [6.45, 7) is 6.37. The molecule has 1 saturated heterocycles. The van der Waals surface area contributed by atoms with Gasteiger partial charge in [0.2, 0.25) is 0 Å². The smallest absolute Gasteiger partial charge is 0.0349 e. The molecule has 88 valence electrons. The SMILES string of the molecule is CC(C)(N)CN1CCCC1c1ccccc1. The molecule has 0 bridgehead atoms. The highest BCUT2D eigenvalue weighted by atomic mass is 15.2. The average Bonchev–Trinajstić information content (AvgIpc) is 2.64. The molecule has 1 fully saturated rings. The zero-order chi connectivity index (χ0) is 11.6. The van der Waals surface area contributed by atoms with Gasteiger partial charge in [-0.25, -0.2) is 0 Å². The van der Waals surface area contributed by atoms with Gasteiger partial charge in [0, 0.05) is 18.1 Å². The Morgan fingerprint density at radius 1 is 1.31 bits per heavy atom. The molecule has 0 radical (unpaired) electrons. The van der Waals surface area contributed by atoms with Crippen LogP contribution in [-0.4, -0.2) is 23.5 Å². The molecule has 1 heterocycles. The maximum Gasteiger partial charge on any atom is 0.0349 e. The van der Waals surface area contributed by atoms with E-state index in [9.17, 15) is 0 Å². The summed E-state index contributed by atoms with van der Waals surface area (Å²) < 4.78 is 0. The Labute approximate surface area is 98.4 Å². The van der Waals surface area contributed by atoms with E-state index < -0.39 is 0 Å². The van der Waals surface area contributed by atoms with Gasteiger partial charge < -0.3 is 5.73 Å². The van der Waals surface area contributed by atoms with Gasteiger partial charge in [0.1, 0.15) is 0 Å². The van der Waals surface area contributed by atoms with Crippen molar-refractivity contribution in [3.63, 3.8) is 0 Å². The minimum atomic E-state index is -0.0998. The third-order valence-electron chi connectivity index (χ3n) is 3.16. The molecule has 1 atom stereocenters. The van der Waals surface area contributed by atoms with Crippen LogP contribution in [0.15, 0.2) is 30.3 Å². The fourth-order valence-electron chi connectivity index (χ4n) is 2.59. The molecule has 2 rings (SSSR count). The van der Waals surface area contributed by atoms with E-state index >= 15 is 0 Å². The molecule has 0 amide bonds. The Kier molecular flexibility index (Phi) is 3.31.